The lowest BCUT2D eigenvalue weighted by molar-refractivity contribution is 0.547. The van der Waals surface area contributed by atoms with E-state index in [0.717, 1.165) is 35.5 Å². The monoisotopic (exact) mass is 335 g/mol. The van der Waals surface area contributed by atoms with Crippen LogP contribution in [-0.4, -0.2) is 13.1 Å². The maximum Gasteiger partial charge on any atom is 0.343 e. The Morgan fingerprint density at radius 3 is 2.32 bits per heavy atom. The number of benzene rings is 2. The van der Waals surface area contributed by atoms with Gasteiger partial charge in [-0.15, -0.1) is 0 Å². The van der Waals surface area contributed by atoms with Crippen molar-refractivity contribution in [1.82, 2.24) is 0 Å². The van der Waals surface area contributed by atoms with Gasteiger partial charge < -0.3 is 20.0 Å². The molecule has 0 spiro atoms. The van der Waals surface area contributed by atoms with E-state index in [0.29, 0.717) is 11.1 Å². The quantitative estimate of drug-likeness (QED) is 0.701. The van der Waals surface area contributed by atoms with E-state index in [9.17, 15) is 4.79 Å². The first-order chi connectivity index (χ1) is 12.2. The Kier molecular flexibility index (Phi) is 3.84. The van der Waals surface area contributed by atoms with Crippen LogP contribution in [0.5, 0.6) is 0 Å². The van der Waals surface area contributed by atoms with Gasteiger partial charge in [0.1, 0.15) is 11.7 Å². The fourth-order valence-corrected chi connectivity index (χ4v) is 3.34. The van der Waals surface area contributed by atoms with Gasteiger partial charge in [0, 0.05) is 30.2 Å². The number of rotatable bonds is 4. The van der Waals surface area contributed by atoms with Gasteiger partial charge in [-0.25, -0.2) is 4.79 Å². The second kappa shape index (κ2) is 6.16. The summed E-state index contributed by atoms with van der Waals surface area (Å²) < 4.78 is 5.62. The highest BCUT2D eigenvalue weighted by atomic mass is 16.4. The van der Waals surface area contributed by atoms with Gasteiger partial charge in [-0.1, -0.05) is 12.1 Å². The Balaban J connectivity index is 1.71. The van der Waals surface area contributed by atoms with Crippen LogP contribution < -0.4 is 21.2 Å². The average Bonchev–Trinajstić information content (AvgIpc) is 3.06. The molecule has 0 amide bonds. The molecule has 5 heteroatoms. The number of hydrogen-bond acceptors (Lipinski definition) is 5. The fourth-order valence-electron chi connectivity index (χ4n) is 3.34. The molecule has 2 N–H and O–H groups in total. The SMILES string of the molecule is CCN(CC)c1ccc2cc(C3Nc4ccccc4N3)c(=O)oc2c1. The van der Waals surface area contributed by atoms with E-state index >= 15 is 0 Å². The lowest BCUT2D eigenvalue weighted by atomic mass is 10.1. The van der Waals surface area contributed by atoms with Gasteiger partial charge in [-0.3, -0.25) is 0 Å². The molecular weight excluding hydrogens is 314 g/mol. The van der Waals surface area contributed by atoms with Crippen LogP contribution in [0.3, 0.4) is 0 Å². The first kappa shape index (κ1) is 15.6. The van der Waals surface area contributed by atoms with Crippen molar-refractivity contribution in [2.75, 3.05) is 28.6 Å². The highest BCUT2D eigenvalue weighted by molar-refractivity contribution is 5.82. The summed E-state index contributed by atoms with van der Waals surface area (Å²) in [6.45, 7) is 6.06. The van der Waals surface area contributed by atoms with E-state index in [2.05, 4.69) is 35.4 Å². The van der Waals surface area contributed by atoms with Gasteiger partial charge in [-0.05, 0) is 44.2 Å². The van der Waals surface area contributed by atoms with Crippen molar-refractivity contribution in [2.24, 2.45) is 0 Å². The van der Waals surface area contributed by atoms with E-state index in [1.807, 2.05) is 42.5 Å². The molecule has 0 aliphatic carbocycles. The summed E-state index contributed by atoms with van der Waals surface area (Å²) in [4.78, 5) is 14.8. The maximum atomic E-state index is 12.5. The molecule has 5 nitrogen and oxygen atoms in total. The summed E-state index contributed by atoms with van der Waals surface area (Å²) in [6.07, 6.45) is -0.277. The zero-order chi connectivity index (χ0) is 17.4. The van der Waals surface area contributed by atoms with Crippen molar-refractivity contribution in [2.45, 2.75) is 20.0 Å². The van der Waals surface area contributed by atoms with Gasteiger partial charge in [0.2, 0.25) is 0 Å². The summed E-state index contributed by atoms with van der Waals surface area (Å²) in [5.74, 6) is 0. The van der Waals surface area contributed by atoms with Gasteiger partial charge >= 0.3 is 5.63 Å². The minimum absolute atomic E-state index is 0.277. The molecule has 0 radical (unpaired) electrons. The molecule has 0 bridgehead atoms. The van der Waals surface area contributed by atoms with E-state index < -0.39 is 0 Å². The zero-order valence-corrected chi connectivity index (χ0v) is 14.4. The van der Waals surface area contributed by atoms with E-state index in [1.54, 1.807) is 0 Å². The predicted octanol–water partition coefficient (Wildman–Crippen LogP) is 4.18. The topological polar surface area (TPSA) is 57.5 Å². The molecule has 0 fully saturated rings. The molecule has 0 saturated heterocycles. The van der Waals surface area contributed by atoms with E-state index in [-0.39, 0.29) is 11.8 Å². The van der Waals surface area contributed by atoms with Crippen LogP contribution in [0.2, 0.25) is 0 Å². The van der Waals surface area contributed by atoms with Crippen molar-refractivity contribution < 1.29 is 4.42 Å². The van der Waals surface area contributed by atoms with Crippen LogP contribution in [0.1, 0.15) is 25.6 Å². The summed E-state index contributed by atoms with van der Waals surface area (Å²) in [6, 6.07) is 15.8. The summed E-state index contributed by atoms with van der Waals surface area (Å²) in [5, 5.41) is 7.57. The van der Waals surface area contributed by atoms with Crippen molar-refractivity contribution in [3.63, 3.8) is 0 Å². The number of nitrogens with one attached hydrogen (secondary N) is 2. The average molecular weight is 335 g/mol. The van der Waals surface area contributed by atoms with Crippen LogP contribution in [0.4, 0.5) is 17.1 Å². The molecule has 1 aliphatic heterocycles. The third-order valence-corrected chi connectivity index (χ3v) is 4.71. The highest BCUT2D eigenvalue weighted by Crippen LogP contribution is 2.34. The molecule has 128 valence electrons. The molecule has 1 aromatic heterocycles. The number of nitrogens with zero attached hydrogens (tertiary/aromatic N) is 1. The smallest absolute Gasteiger partial charge is 0.343 e. The minimum Gasteiger partial charge on any atom is -0.422 e. The maximum absolute atomic E-state index is 12.5. The largest absolute Gasteiger partial charge is 0.422 e. The Labute approximate surface area is 146 Å². The Morgan fingerprint density at radius 2 is 1.68 bits per heavy atom. The Bertz CT molecular complexity index is 951. The standard InChI is InChI=1S/C20H21N3O2/c1-3-23(4-2)14-10-9-13-11-15(20(24)25-18(13)12-14)19-21-16-7-5-6-8-17(16)22-19/h5-12,19,21-22H,3-4H2,1-2H3. The lowest BCUT2D eigenvalue weighted by Crippen LogP contribution is -2.22. The molecule has 2 aromatic carbocycles. The fraction of sp³-hybridized carbons (Fsp3) is 0.250. The highest BCUT2D eigenvalue weighted by Gasteiger charge is 2.24. The second-order valence-corrected chi connectivity index (χ2v) is 6.15. The van der Waals surface area contributed by atoms with Crippen molar-refractivity contribution in [3.8, 4) is 0 Å². The normalized spacial score (nSPS) is 13.4. The van der Waals surface area contributed by atoms with Gasteiger partial charge in [-0.2, -0.15) is 0 Å². The number of para-hydroxylation sites is 2. The second-order valence-electron chi connectivity index (χ2n) is 6.15. The third kappa shape index (κ3) is 2.71. The number of fused-ring (bicyclic) bond motifs is 2. The van der Waals surface area contributed by atoms with Crippen molar-refractivity contribution in [1.29, 1.82) is 0 Å². The Hall–Kier alpha value is -2.95. The summed E-state index contributed by atoms with van der Waals surface area (Å²) in [7, 11) is 0. The lowest BCUT2D eigenvalue weighted by Gasteiger charge is -2.21. The van der Waals surface area contributed by atoms with E-state index in [1.165, 1.54) is 0 Å². The minimum atomic E-state index is -0.318. The van der Waals surface area contributed by atoms with Gasteiger partial charge in [0.25, 0.3) is 0 Å². The zero-order valence-electron chi connectivity index (χ0n) is 14.4. The summed E-state index contributed by atoms with van der Waals surface area (Å²) in [5.41, 5.74) is 3.93. The molecule has 1 aliphatic rings. The number of anilines is 3. The molecule has 25 heavy (non-hydrogen) atoms. The third-order valence-electron chi connectivity index (χ3n) is 4.71. The van der Waals surface area contributed by atoms with E-state index in [4.69, 9.17) is 4.42 Å². The first-order valence-electron chi connectivity index (χ1n) is 8.64. The van der Waals surface area contributed by atoms with Crippen LogP contribution in [0.25, 0.3) is 11.0 Å². The van der Waals surface area contributed by atoms with Crippen LogP contribution >= 0.6 is 0 Å². The van der Waals surface area contributed by atoms with Crippen molar-refractivity contribution in [3.05, 3.63) is 64.5 Å². The first-order valence-corrected chi connectivity index (χ1v) is 8.64. The van der Waals surface area contributed by atoms with Crippen molar-refractivity contribution >= 4 is 28.0 Å². The molecule has 3 aromatic rings. The summed E-state index contributed by atoms with van der Waals surface area (Å²) >= 11 is 0. The van der Waals surface area contributed by atoms with Gasteiger partial charge in [0.15, 0.2) is 0 Å². The molecule has 0 unspecified atom stereocenters. The van der Waals surface area contributed by atoms with Crippen LogP contribution in [-0.2, 0) is 0 Å². The van der Waals surface area contributed by atoms with Gasteiger partial charge in [0.05, 0.1) is 16.9 Å². The molecule has 0 saturated carbocycles. The predicted molar refractivity (Wildman–Crippen MR) is 102 cm³/mol. The number of hydrogen-bond donors (Lipinski definition) is 2. The Morgan fingerprint density at radius 1 is 1.00 bits per heavy atom. The molecular formula is C20H21N3O2. The van der Waals surface area contributed by atoms with Crippen LogP contribution in [0, 0.1) is 0 Å². The molecule has 4 rings (SSSR count). The molecule has 2 heterocycles. The van der Waals surface area contributed by atoms with Crippen LogP contribution in [0.15, 0.2) is 57.7 Å². The molecule has 0 atom stereocenters.